The van der Waals surface area contributed by atoms with Gasteiger partial charge in [0, 0.05) is 23.2 Å². The maximum Gasteiger partial charge on any atom is 0.230 e. The van der Waals surface area contributed by atoms with E-state index in [1.165, 1.54) is 11.8 Å². The van der Waals surface area contributed by atoms with Gasteiger partial charge in [0.1, 0.15) is 0 Å². The fourth-order valence-corrected chi connectivity index (χ4v) is 3.05. The fraction of sp³-hybridized carbons (Fsp3) is 0.467. The highest BCUT2D eigenvalue weighted by Gasteiger charge is 2.15. The van der Waals surface area contributed by atoms with Gasteiger partial charge in [0.2, 0.25) is 5.91 Å². The summed E-state index contributed by atoms with van der Waals surface area (Å²) >= 11 is 7.12. The molecule has 0 radical (unpaired) electrons. The van der Waals surface area contributed by atoms with Crippen LogP contribution in [0.25, 0.3) is 0 Å². The number of Topliss-reactive ketones (excluding diaryl/α,β-unsaturated/α-hetero) is 1. The number of nitrogens with one attached hydrogen (secondary N) is 2. The first kappa shape index (κ1) is 19.3. The van der Waals surface area contributed by atoms with Gasteiger partial charge in [-0.05, 0) is 43.7 Å². The van der Waals surface area contributed by atoms with E-state index in [9.17, 15) is 9.59 Å². The minimum atomic E-state index is -0.00222. The number of thioether (sulfide) groups is 1. The molecule has 2 N–H and O–H groups in total. The minimum Gasteiger partial charge on any atom is -0.351 e. The molecule has 4 nitrogen and oxygen atoms in total. The smallest absolute Gasteiger partial charge is 0.230 e. The molecule has 1 aliphatic heterocycles. The van der Waals surface area contributed by atoms with Crippen LogP contribution in [0.3, 0.4) is 0 Å². The molecule has 1 atom stereocenters. The van der Waals surface area contributed by atoms with Gasteiger partial charge in [-0.1, -0.05) is 11.6 Å². The van der Waals surface area contributed by atoms with Crippen molar-refractivity contribution in [1.29, 1.82) is 0 Å². The molecule has 1 aromatic carbocycles. The number of piperidine rings is 1. The molecule has 2 rings (SSSR count). The van der Waals surface area contributed by atoms with Crippen molar-refractivity contribution in [2.75, 3.05) is 24.6 Å². The second-order valence-electron chi connectivity index (χ2n) is 5.03. The van der Waals surface area contributed by atoms with E-state index in [0.717, 1.165) is 25.9 Å². The lowest BCUT2D eigenvalue weighted by Gasteiger charge is -2.23. The zero-order valence-corrected chi connectivity index (χ0v) is 14.5. The number of carbonyl (C=O) groups excluding carboxylic acids is 2. The van der Waals surface area contributed by atoms with Crippen LogP contribution in [-0.4, -0.2) is 42.3 Å². The van der Waals surface area contributed by atoms with Gasteiger partial charge in [-0.25, -0.2) is 0 Å². The van der Waals surface area contributed by atoms with Gasteiger partial charge in [-0.15, -0.1) is 24.2 Å². The molecule has 122 valence electrons. The first-order valence-electron chi connectivity index (χ1n) is 7.02. The number of rotatable bonds is 6. The second kappa shape index (κ2) is 10.1. The maximum absolute atomic E-state index is 11.9. The molecule has 1 amide bonds. The van der Waals surface area contributed by atoms with Crippen LogP contribution in [0.4, 0.5) is 0 Å². The van der Waals surface area contributed by atoms with Crippen LogP contribution in [0.2, 0.25) is 5.02 Å². The van der Waals surface area contributed by atoms with Crippen molar-refractivity contribution in [2.45, 2.75) is 18.9 Å². The van der Waals surface area contributed by atoms with Crippen molar-refractivity contribution in [1.82, 2.24) is 10.6 Å². The van der Waals surface area contributed by atoms with Gasteiger partial charge >= 0.3 is 0 Å². The first-order chi connectivity index (χ1) is 10.1. The van der Waals surface area contributed by atoms with Crippen molar-refractivity contribution >= 4 is 47.5 Å². The number of ketones is 1. The summed E-state index contributed by atoms with van der Waals surface area (Å²) in [5.74, 6) is 0.634. The second-order valence-corrected chi connectivity index (χ2v) is 6.46. The van der Waals surface area contributed by atoms with E-state index in [1.807, 2.05) is 0 Å². The predicted molar refractivity (Wildman–Crippen MR) is 94.4 cm³/mol. The Bertz CT molecular complexity index is 491. The lowest BCUT2D eigenvalue weighted by Crippen LogP contribution is -2.46. The summed E-state index contributed by atoms with van der Waals surface area (Å²) < 4.78 is 0. The minimum absolute atomic E-state index is 0. The lowest BCUT2D eigenvalue weighted by molar-refractivity contribution is -0.119. The van der Waals surface area contributed by atoms with Crippen LogP contribution in [0.1, 0.15) is 23.2 Å². The summed E-state index contributed by atoms with van der Waals surface area (Å²) in [7, 11) is 0. The van der Waals surface area contributed by atoms with Crippen LogP contribution in [0, 0.1) is 0 Å². The summed E-state index contributed by atoms with van der Waals surface area (Å²) in [6.07, 6.45) is 2.11. The Labute approximate surface area is 146 Å². The van der Waals surface area contributed by atoms with Crippen molar-refractivity contribution in [3.63, 3.8) is 0 Å². The summed E-state index contributed by atoms with van der Waals surface area (Å²) in [6, 6.07) is 7.03. The number of carbonyl (C=O) groups is 2. The van der Waals surface area contributed by atoms with Crippen molar-refractivity contribution in [2.24, 2.45) is 0 Å². The third-order valence-corrected chi connectivity index (χ3v) is 4.48. The molecule has 7 heteroatoms. The Hall–Kier alpha value is -0.750. The van der Waals surface area contributed by atoms with Crippen LogP contribution in [0.5, 0.6) is 0 Å². The highest BCUT2D eigenvalue weighted by atomic mass is 35.5. The Morgan fingerprint density at radius 1 is 1.27 bits per heavy atom. The third kappa shape index (κ3) is 6.57. The average molecular weight is 363 g/mol. The Morgan fingerprint density at radius 2 is 2.00 bits per heavy atom. The number of amides is 1. The summed E-state index contributed by atoms with van der Waals surface area (Å²) in [4.78, 5) is 23.7. The molecule has 0 bridgehead atoms. The quantitative estimate of drug-likeness (QED) is 0.763. The Morgan fingerprint density at radius 3 is 2.64 bits per heavy atom. The molecular formula is C15H20Cl2N2O2S. The average Bonchev–Trinajstić information content (AvgIpc) is 2.49. The Kier molecular flexibility index (Phi) is 8.86. The normalized spacial score (nSPS) is 17.4. The van der Waals surface area contributed by atoms with Crippen molar-refractivity contribution < 1.29 is 9.59 Å². The van der Waals surface area contributed by atoms with E-state index in [-0.39, 0.29) is 30.1 Å². The van der Waals surface area contributed by atoms with E-state index in [4.69, 9.17) is 11.6 Å². The van der Waals surface area contributed by atoms with E-state index < -0.39 is 0 Å². The topological polar surface area (TPSA) is 58.2 Å². The van der Waals surface area contributed by atoms with Gasteiger partial charge in [0.15, 0.2) is 5.78 Å². The molecular weight excluding hydrogens is 343 g/mol. The molecule has 1 aliphatic rings. The molecule has 22 heavy (non-hydrogen) atoms. The highest BCUT2D eigenvalue weighted by molar-refractivity contribution is 8.00. The van der Waals surface area contributed by atoms with Gasteiger partial charge < -0.3 is 10.6 Å². The summed E-state index contributed by atoms with van der Waals surface area (Å²) in [5.41, 5.74) is 0.629. The molecule has 1 aromatic rings. The highest BCUT2D eigenvalue weighted by Crippen LogP contribution is 2.12. The van der Waals surface area contributed by atoms with Crippen LogP contribution < -0.4 is 10.6 Å². The number of hydrogen-bond donors (Lipinski definition) is 2. The van der Waals surface area contributed by atoms with Gasteiger partial charge in [-0.2, -0.15) is 0 Å². The van der Waals surface area contributed by atoms with Gasteiger partial charge in [0.05, 0.1) is 11.5 Å². The van der Waals surface area contributed by atoms with E-state index in [2.05, 4.69) is 10.6 Å². The maximum atomic E-state index is 11.9. The predicted octanol–water partition coefficient (Wildman–Crippen LogP) is 2.55. The molecule has 1 heterocycles. The summed E-state index contributed by atoms with van der Waals surface area (Å²) in [5, 5.41) is 6.85. The first-order valence-corrected chi connectivity index (χ1v) is 8.55. The third-order valence-electron chi connectivity index (χ3n) is 3.29. The fourth-order valence-electron chi connectivity index (χ4n) is 2.20. The van der Waals surface area contributed by atoms with Crippen molar-refractivity contribution in [3.8, 4) is 0 Å². The molecule has 0 spiro atoms. The van der Waals surface area contributed by atoms with E-state index in [0.29, 0.717) is 22.1 Å². The number of hydrogen-bond acceptors (Lipinski definition) is 4. The van der Waals surface area contributed by atoms with Crippen LogP contribution in [0.15, 0.2) is 24.3 Å². The van der Waals surface area contributed by atoms with E-state index in [1.54, 1.807) is 24.3 Å². The molecule has 0 aromatic heterocycles. The standard InChI is InChI=1S/C15H19ClN2O2S.ClH/c16-12-5-3-11(4-6-12)14(19)9-21-10-15(20)18-13-2-1-7-17-8-13;/h3-6,13,17H,1-2,7-10H2,(H,18,20);1H/t13-;/m0./s1. The summed E-state index contributed by atoms with van der Waals surface area (Å²) in [6.45, 7) is 1.86. The zero-order valence-electron chi connectivity index (χ0n) is 12.1. The van der Waals surface area contributed by atoms with Gasteiger partial charge in [0.25, 0.3) is 0 Å². The number of benzene rings is 1. The van der Waals surface area contributed by atoms with Crippen LogP contribution >= 0.6 is 35.8 Å². The molecule has 0 unspecified atom stereocenters. The lowest BCUT2D eigenvalue weighted by atomic mass is 10.1. The van der Waals surface area contributed by atoms with Crippen LogP contribution in [-0.2, 0) is 4.79 Å². The zero-order chi connectivity index (χ0) is 15.1. The molecule has 1 fully saturated rings. The SMILES string of the molecule is Cl.O=C(CSCC(=O)c1ccc(Cl)cc1)N[C@H]1CCCNC1. The largest absolute Gasteiger partial charge is 0.351 e. The monoisotopic (exact) mass is 362 g/mol. The van der Waals surface area contributed by atoms with Crippen molar-refractivity contribution in [3.05, 3.63) is 34.9 Å². The molecule has 0 aliphatic carbocycles. The molecule has 1 saturated heterocycles. The number of halogens is 2. The Balaban J connectivity index is 0.00000242. The molecule has 0 saturated carbocycles. The van der Waals surface area contributed by atoms with Gasteiger partial charge in [-0.3, -0.25) is 9.59 Å². The van der Waals surface area contributed by atoms with E-state index >= 15 is 0 Å².